The molecule has 27 heteroatoms. The number of aromatic nitrogens is 8. The lowest BCUT2D eigenvalue weighted by molar-refractivity contribution is -0.117. The number of ether oxygens (including phenoxy) is 3. The zero-order chi connectivity index (χ0) is 91.0. The third-order valence-corrected chi connectivity index (χ3v) is 17.1. The molecule has 122 heavy (non-hydrogen) atoms. The van der Waals surface area contributed by atoms with Crippen molar-refractivity contribution < 1.29 is 52.6 Å². The van der Waals surface area contributed by atoms with Gasteiger partial charge in [-0.1, -0.05) is 137 Å². The molecule has 0 spiro atoms. The number of amides is 8. The summed E-state index contributed by atoms with van der Waals surface area (Å²) >= 11 is 0. The fourth-order valence-electron chi connectivity index (χ4n) is 9.55. The topological polar surface area (TPSA) is 364 Å². The minimum Gasteiger partial charge on any atom is -0.497 e. The van der Waals surface area contributed by atoms with Crippen LogP contribution in [0, 0.1) is 47.3 Å². The van der Waals surface area contributed by atoms with Crippen molar-refractivity contribution in [2.45, 2.75) is 240 Å². The van der Waals surface area contributed by atoms with E-state index in [-0.39, 0.29) is 47.3 Å². The maximum Gasteiger partial charge on any atom is 0.225 e. The Morgan fingerprint density at radius 2 is 0.664 bits per heavy atom. The average molecular weight is 1680 g/mol. The first-order valence-corrected chi connectivity index (χ1v) is 42.6. The fourth-order valence-corrected chi connectivity index (χ4v) is 9.55. The molecule has 8 aromatic rings. The number of hydrogen-bond donors (Lipinski definition) is 8. The van der Waals surface area contributed by atoms with Crippen molar-refractivity contribution in [3.8, 4) is 17.4 Å². The molecule has 668 valence electrons. The number of anilines is 8. The summed E-state index contributed by atoms with van der Waals surface area (Å²) in [7, 11) is 4.72. The molecule has 8 heterocycles. The van der Waals surface area contributed by atoms with Crippen LogP contribution in [0.3, 0.4) is 0 Å². The molecule has 8 amide bonds. The Labute approximate surface area is 727 Å². The molecule has 0 aliphatic heterocycles. The third kappa shape index (κ3) is 59.9. The van der Waals surface area contributed by atoms with Gasteiger partial charge in [0.15, 0.2) is 0 Å². The maximum atomic E-state index is 11.5. The summed E-state index contributed by atoms with van der Waals surface area (Å²) in [5.41, 5.74) is 5.29. The first-order chi connectivity index (χ1) is 58.1. The van der Waals surface area contributed by atoms with Gasteiger partial charge in [0.2, 0.25) is 53.1 Å². The van der Waals surface area contributed by atoms with Gasteiger partial charge in [0, 0.05) is 112 Å². The number of nitrogens with zero attached hydrogens (tertiary/aromatic N) is 8. The Kier molecular flexibility index (Phi) is 58.7. The number of rotatable bonds is 37. The molecule has 0 saturated carbocycles. The van der Waals surface area contributed by atoms with E-state index in [4.69, 9.17) is 14.2 Å². The van der Waals surface area contributed by atoms with E-state index in [2.05, 4.69) is 207 Å². The van der Waals surface area contributed by atoms with E-state index in [0.29, 0.717) is 145 Å². The Morgan fingerprint density at radius 1 is 0.279 bits per heavy atom. The number of carbonyl (C=O) groups excluding carboxylic acids is 8. The lowest BCUT2D eigenvalue weighted by Gasteiger charge is -2.07. The highest BCUT2D eigenvalue weighted by Gasteiger charge is 2.12. The molecule has 27 nitrogen and oxygen atoms in total. The van der Waals surface area contributed by atoms with Crippen molar-refractivity contribution in [3.05, 3.63) is 176 Å². The number of carbonyl (C=O) groups is 8. The monoisotopic (exact) mass is 1680 g/mol. The number of aryl methyl sites for hydroxylation is 2. The minimum atomic E-state index is -0.00514. The van der Waals surface area contributed by atoms with Crippen LogP contribution in [0.5, 0.6) is 17.4 Å². The highest BCUT2D eigenvalue weighted by Crippen LogP contribution is 2.19. The highest BCUT2D eigenvalue weighted by atomic mass is 16.5. The van der Waals surface area contributed by atoms with E-state index in [1.165, 1.54) is 5.56 Å². The Morgan fingerprint density at radius 3 is 0.992 bits per heavy atom. The smallest absolute Gasteiger partial charge is 0.225 e. The van der Waals surface area contributed by atoms with Gasteiger partial charge in [0.05, 0.1) is 63.2 Å². The van der Waals surface area contributed by atoms with Gasteiger partial charge in [0.25, 0.3) is 0 Å². The predicted octanol–water partition coefficient (Wildman–Crippen LogP) is 20.8. The molecule has 8 N–H and O–H groups in total. The summed E-state index contributed by atoms with van der Waals surface area (Å²) in [5, 5.41) is 22.3. The van der Waals surface area contributed by atoms with Gasteiger partial charge < -0.3 is 56.7 Å². The van der Waals surface area contributed by atoms with Gasteiger partial charge in [0.1, 0.15) is 34.8 Å². The minimum absolute atomic E-state index is 0.00514. The van der Waals surface area contributed by atoms with Crippen LogP contribution in [0.4, 0.5) is 46.0 Å². The zero-order valence-corrected chi connectivity index (χ0v) is 76.5. The summed E-state index contributed by atoms with van der Waals surface area (Å²) in [6, 6.07) is 30.8. The molecule has 0 atom stereocenters. The van der Waals surface area contributed by atoms with Gasteiger partial charge in [-0.2, -0.15) is 0 Å². The second-order valence-corrected chi connectivity index (χ2v) is 32.1. The lowest BCUT2D eigenvalue weighted by atomic mass is 10.1. The first-order valence-electron chi connectivity index (χ1n) is 42.6. The molecule has 0 aliphatic rings. The number of nitrogens with one attached hydrogen (secondary N) is 8. The second-order valence-electron chi connectivity index (χ2n) is 32.1. The Balaban J connectivity index is 0.000000698. The molecule has 0 saturated heterocycles. The molecule has 0 bridgehead atoms. The Hall–Kier alpha value is -11.6. The highest BCUT2D eigenvalue weighted by molar-refractivity contribution is 5.94. The van der Waals surface area contributed by atoms with E-state index in [0.717, 1.165) is 87.0 Å². The number of pyridine rings is 8. The van der Waals surface area contributed by atoms with E-state index < -0.39 is 0 Å². The summed E-state index contributed by atoms with van der Waals surface area (Å²) < 4.78 is 15.0. The largest absolute Gasteiger partial charge is 0.497 e. The van der Waals surface area contributed by atoms with Gasteiger partial charge in [-0.25, -0.2) is 24.9 Å². The SMILES string of the molecule is CC(C)CCC(=O)Nc1ccccn1.CC(C)CCC(=O)Nc1cccnc1.CC(C)CCC(=O)Nc1ccncc1.CCc1ccc(NC(=O)CCC(C)C)cn1.CCc1ccc(NC(=O)CCC(C)C)nc1.COc1ccc(NC(=O)CCC(C)C)cn1.COc1ccc(NC(=O)CCC(C)C)nc1.COc1ccnc(NC(=O)CCC(C)C)c1. The maximum absolute atomic E-state index is 11.5. The van der Waals surface area contributed by atoms with E-state index in [1.807, 2.05) is 42.5 Å². The summed E-state index contributed by atoms with van der Waals surface area (Å²) in [6.45, 7) is 37.8. The van der Waals surface area contributed by atoms with Crippen molar-refractivity contribution in [1.29, 1.82) is 0 Å². The average Bonchev–Trinajstić information content (AvgIpc) is 0.918. The second kappa shape index (κ2) is 66.1. The molecule has 0 aliphatic carbocycles. The molecule has 8 rings (SSSR count). The van der Waals surface area contributed by atoms with Crippen LogP contribution in [0.1, 0.15) is 239 Å². The first kappa shape index (κ1) is 108. The van der Waals surface area contributed by atoms with Gasteiger partial charge in [-0.15, -0.1) is 0 Å². The molecular weight excluding hydrogens is 1540 g/mol. The normalized spacial score (nSPS) is 10.3. The van der Waals surface area contributed by atoms with E-state index in [1.54, 1.807) is 144 Å². The van der Waals surface area contributed by atoms with Gasteiger partial charge >= 0.3 is 0 Å². The van der Waals surface area contributed by atoms with Crippen molar-refractivity contribution in [2.75, 3.05) is 63.9 Å². The predicted molar refractivity (Wildman–Crippen MR) is 494 cm³/mol. The molecule has 0 radical (unpaired) electrons. The lowest BCUT2D eigenvalue weighted by Crippen LogP contribution is -2.13. The number of hydrogen-bond acceptors (Lipinski definition) is 19. The van der Waals surface area contributed by atoms with E-state index >= 15 is 0 Å². The fraction of sp³-hybridized carbons (Fsp3) is 0.495. The van der Waals surface area contributed by atoms with E-state index in [9.17, 15) is 38.4 Å². The van der Waals surface area contributed by atoms with Crippen molar-refractivity contribution >= 4 is 93.3 Å². The van der Waals surface area contributed by atoms with Crippen molar-refractivity contribution in [1.82, 2.24) is 39.9 Å². The molecule has 0 fully saturated rings. The quantitative estimate of drug-likeness (QED) is 0.0179. The van der Waals surface area contributed by atoms with Crippen LogP contribution in [-0.2, 0) is 51.2 Å². The van der Waals surface area contributed by atoms with Crippen LogP contribution in [0.25, 0.3) is 0 Å². The van der Waals surface area contributed by atoms with Crippen LogP contribution < -0.4 is 56.7 Å². The summed E-state index contributed by atoms with van der Waals surface area (Å²) in [4.78, 5) is 124. The summed E-state index contributed by atoms with van der Waals surface area (Å²) in [6.07, 6.45) is 30.3. The van der Waals surface area contributed by atoms with Crippen LogP contribution in [0.15, 0.2) is 165 Å². The van der Waals surface area contributed by atoms with Crippen LogP contribution in [0.2, 0.25) is 0 Å². The molecule has 8 aromatic heterocycles. The standard InChI is InChI=1S/2C13H20N2O.3C12H18N2O2.3C11H16N2O/c1-4-11-6-7-12(9-14-11)15-13(16)8-5-10(2)3;1-4-11-6-7-12(14-9-11)15-13(16)8-5-10(2)3;1-9(2)4-7-12(15)14-11-6-5-10(16-3)8-13-11;1-9(2)4-6-11(15)14-10-5-7-12(16-3)13-8-10;1-9(2)4-5-12(15)14-11-8-10(16-3)6-7-13-11;1-9(2)3-4-11(14)13-10-5-7-12-8-6-10;1-9(2)5-6-11(14)13-10-4-3-7-12-8-10;1-9(2)6-7-11(14)13-10-5-3-4-8-12-10/h6-7,9-10H,4-5,8H2,1-3H3,(H,15,16);6-7,9-10H,4-5,8H2,1-3H3,(H,14,15,16);5-6,8-9H,4,7H2,1-3H3,(H,13,14,15);5,7-9H,4,6H2,1-3H3,(H,14,15);6-9H,4-5H2,1-3H3,(H,13,14,15);5-9H,3-4H2,1-2H3,(H,12,13,14);3-4,7-9H,5-6H2,1-2H3,(H,13,14);3-5,8-9H,6-7H2,1-2H3,(H,12,13,14). The van der Waals surface area contributed by atoms with Crippen molar-refractivity contribution in [3.63, 3.8) is 0 Å². The third-order valence-electron chi connectivity index (χ3n) is 17.1. The van der Waals surface area contributed by atoms with Crippen LogP contribution >= 0.6 is 0 Å². The number of methoxy groups -OCH3 is 3. The van der Waals surface area contributed by atoms with Gasteiger partial charge in [-0.3, -0.25) is 53.3 Å². The van der Waals surface area contributed by atoms with Crippen molar-refractivity contribution in [2.24, 2.45) is 47.3 Å². The molecule has 0 aromatic carbocycles. The molecule has 0 unspecified atom stereocenters. The van der Waals surface area contributed by atoms with Gasteiger partial charge in [-0.05, 0) is 196 Å². The van der Waals surface area contributed by atoms with Crippen LogP contribution in [-0.4, -0.2) is 108 Å². The zero-order valence-electron chi connectivity index (χ0n) is 76.5. The summed E-state index contributed by atoms with van der Waals surface area (Å²) in [5.74, 6) is 9.02. The molecular formula is C95H142N16O11. The Bertz CT molecular complexity index is 3700.